The molecule has 1 fully saturated rings. The molecule has 0 unspecified atom stereocenters. The van der Waals surface area contributed by atoms with Crippen molar-refractivity contribution in [2.45, 2.75) is 32.7 Å². The van der Waals surface area contributed by atoms with Crippen LogP contribution >= 0.6 is 15.9 Å². The van der Waals surface area contributed by atoms with Crippen LogP contribution in [0, 0.1) is 5.92 Å². The summed E-state index contributed by atoms with van der Waals surface area (Å²) in [6, 6.07) is 3.63. The van der Waals surface area contributed by atoms with Crippen molar-refractivity contribution in [3.8, 4) is 11.7 Å². The summed E-state index contributed by atoms with van der Waals surface area (Å²) in [5.41, 5.74) is 0. The molecule has 1 aliphatic heterocycles. The molecule has 2 aromatic heterocycles. The first-order chi connectivity index (χ1) is 9.74. The maximum atomic E-state index is 5.68. The third kappa shape index (κ3) is 3.12. The van der Waals surface area contributed by atoms with Crippen LogP contribution in [0.2, 0.25) is 0 Å². The SMILES string of the molecule is CC[C@H]1CCCN(Cc2nnc(-c3ccc(Br)o3)o2)C1. The molecule has 6 heteroatoms. The topological polar surface area (TPSA) is 55.3 Å². The van der Waals surface area contributed by atoms with E-state index in [0.717, 1.165) is 25.6 Å². The number of furan rings is 1. The zero-order valence-electron chi connectivity index (χ0n) is 11.5. The van der Waals surface area contributed by atoms with Crippen LogP contribution in [-0.4, -0.2) is 28.2 Å². The molecule has 20 heavy (non-hydrogen) atoms. The van der Waals surface area contributed by atoms with Crippen LogP contribution in [0.1, 0.15) is 32.1 Å². The number of rotatable bonds is 4. The lowest BCUT2D eigenvalue weighted by atomic mass is 9.96. The van der Waals surface area contributed by atoms with Crippen LogP contribution in [0.25, 0.3) is 11.7 Å². The molecule has 0 aromatic carbocycles. The van der Waals surface area contributed by atoms with Gasteiger partial charge in [-0.2, -0.15) is 0 Å². The summed E-state index contributed by atoms with van der Waals surface area (Å²) >= 11 is 3.27. The fourth-order valence-electron chi connectivity index (χ4n) is 2.67. The van der Waals surface area contributed by atoms with Crippen molar-refractivity contribution in [1.29, 1.82) is 0 Å². The molecular formula is C14H18BrN3O2. The predicted octanol–water partition coefficient (Wildman–Crippen LogP) is 3.71. The van der Waals surface area contributed by atoms with Gasteiger partial charge in [0, 0.05) is 6.54 Å². The van der Waals surface area contributed by atoms with E-state index in [-0.39, 0.29) is 0 Å². The second-order valence-corrected chi connectivity index (χ2v) is 6.04. The van der Waals surface area contributed by atoms with Crippen molar-refractivity contribution in [2.75, 3.05) is 13.1 Å². The Morgan fingerprint density at radius 2 is 2.25 bits per heavy atom. The molecule has 5 nitrogen and oxygen atoms in total. The predicted molar refractivity (Wildman–Crippen MR) is 78.0 cm³/mol. The highest BCUT2D eigenvalue weighted by molar-refractivity contribution is 9.10. The molecular weight excluding hydrogens is 322 g/mol. The first-order valence-electron chi connectivity index (χ1n) is 7.05. The van der Waals surface area contributed by atoms with E-state index in [4.69, 9.17) is 8.83 Å². The molecule has 0 amide bonds. The van der Waals surface area contributed by atoms with Gasteiger partial charge < -0.3 is 8.83 Å². The second-order valence-electron chi connectivity index (χ2n) is 5.26. The maximum absolute atomic E-state index is 5.68. The summed E-state index contributed by atoms with van der Waals surface area (Å²) in [6.45, 7) is 5.22. The normalized spacial score (nSPS) is 20.4. The fraction of sp³-hybridized carbons (Fsp3) is 0.571. The van der Waals surface area contributed by atoms with Crippen LogP contribution in [0.15, 0.2) is 25.6 Å². The summed E-state index contributed by atoms with van der Waals surface area (Å²) in [7, 11) is 0. The average Bonchev–Trinajstić information content (AvgIpc) is 3.08. The van der Waals surface area contributed by atoms with Crippen molar-refractivity contribution in [1.82, 2.24) is 15.1 Å². The van der Waals surface area contributed by atoms with E-state index in [9.17, 15) is 0 Å². The lowest BCUT2D eigenvalue weighted by Gasteiger charge is -2.31. The van der Waals surface area contributed by atoms with Gasteiger partial charge in [0.1, 0.15) is 0 Å². The van der Waals surface area contributed by atoms with Crippen LogP contribution in [-0.2, 0) is 6.54 Å². The lowest BCUT2D eigenvalue weighted by molar-refractivity contribution is 0.152. The zero-order valence-corrected chi connectivity index (χ0v) is 13.1. The van der Waals surface area contributed by atoms with E-state index < -0.39 is 0 Å². The molecule has 108 valence electrons. The number of likely N-dealkylation sites (tertiary alicyclic amines) is 1. The first kappa shape index (κ1) is 13.8. The van der Waals surface area contributed by atoms with E-state index in [0.29, 0.717) is 22.2 Å². The van der Waals surface area contributed by atoms with Crippen LogP contribution < -0.4 is 0 Å². The standard InChI is InChI=1S/C14H18BrN3O2/c1-2-10-4-3-7-18(8-10)9-13-16-17-14(20-13)11-5-6-12(15)19-11/h5-6,10H,2-4,7-9H2,1H3/t10-/m0/s1. The molecule has 0 aliphatic carbocycles. The highest BCUT2D eigenvalue weighted by Crippen LogP contribution is 2.25. The summed E-state index contributed by atoms with van der Waals surface area (Å²) in [5, 5.41) is 8.16. The summed E-state index contributed by atoms with van der Waals surface area (Å²) in [4.78, 5) is 2.40. The molecule has 0 radical (unpaired) electrons. The molecule has 0 saturated carbocycles. The number of hydrogen-bond donors (Lipinski definition) is 0. The monoisotopic (exact) mass is 339 g/mol. The zero-order chi connectivity index (χ0) is 13.9. The van der Waals surface area contributed by atoms with Gasteiger partial charge in [-0.05, 0) is 53.4 Å². The molecule has 0 spiro atoms. The minimum absolute atomic E-state index is 0.440. The van der Waals surface area contributed by atoms with Gasteiger partial charge in [0.2, 0.25) is 5.89 Å². The highest BCUT2D eigenvalue weighted by atomic mass is 79.9. The minimum atomic E-state index is 0.440. The molecule has 3 rings (SSSR count). The average molecular weight is 340 g/mol. The minimum Gasteiger partial charge on any atom is -0.444 e. The third-order valence-electron chi connectivity index (χ3n) is 3.79. The van der Waals surface area contributed by atoms with Gasteiger partial charge in [-0.1, -0.05) is 13.3 Å². The van der Waals surface area contributed by atoms with Gasteiger partial charge in [-0.25, -0.2) is 0 Å². The van der Waals surface area contributed by atoms with E-state index >= 15 is 0 Å². The smallest absolute Gasteiger partial charge is 0.283 e. The first-order valence-corrected chi connectivity index (χ1v) is 7.84. The Kier molecular flexibility index (Phi) is 4.21. The number of aromatic nitrogens is 2. The Hall–Kier alpha value is -1.14. The number of piperidine rings is 1. The van der Waals surface area contributed by atoms with E-state index in [1.165, 1.54) is 19.3 Å². The number of halogens is 1. The summed E-state index contributed by atoms with van der Waals surface area (Å²) < 4.78 is 11.8. The Bertz CT molecular complexity index is 566. The van der Waals surface area contributed by atoms with Crippen molar-refractivity contribution in [3.63, 3.8) is 0 Å². The lowest BCUT2D eigenvalue weighted by Crippen LogP contribution is -2.34. The van der Waals surface area contributed by atoms with Gasteiger partial charge in [-0.3, -0.25) is 4.90 Å². The van der Waals surface area contributed by atoms with Gasteiger partial charge in [-0.15, -0.1) is 10.2 Å². The fourth-order valence-corrected chi connectivity index (χ4v) is 2.97. The van der Waals surface area contributed by atoms with Crippen molar-refractivity contribution in [3.05, 3.63) is 22.7 Å². The van der Waals surface area contributed by atoms with Crippen molar-refractivity contribution >= 4 is 15.9 Å². The molecule has 0 N–H and O–H groups in total. The highest BCUT2D eigenvalue weighted by Gasteiger charge is 2.21. The Labute approximate surface area is 126 Å². The summed E-state index contributed by atoms with van der Waals surface area (Å²) in [6.07, 6.45) is 3.83. The van der Waals surface area contributed by atoms with E-state index in [1.807, 2.05) is 12.1 Å². The summed E-state index contributed by atoms with van der Waals surface area (Å²) in [5.74, 6) is 2.49. The van der Waals surface area contributed by atoms with Crippen molar-refractivity contribution < 1.29 is 8.83 Å². The van der Waals surface area contributed by atoms with Crippen LogP contribution in [0.4, 0.5) is 0 Å². The van der Waals surface area contributed by atoms with Gasteiger partial charge in [0.25, 0.3) is 5.89 Å². The van der Waals surface area contributed by atoms with E-state index in [1.54, 1.807) is 0 Å². The van der Waals surface area contributed by atoms with Crippen molar-refractivity contribution in [2.24, 2.45) is 5.92 Å². The van der Waals surface area contributed by atoms with Gasteiger partial charge >= 0.3 is 0 Å². The maximum Gasteiger partial charge on any atom is 0.283 e. The molecule has 1 aliphatic rings. The van der Waals surface area contributed by atoms with Gasteiger partial charge in [0.15, 0.2) is 10.4 Å². The molecule has 1 saturated heterocycles. The molecule has 1 atom stereocenters. The molecule has 0 bridgehead atoms. The Morgan fingerprint density at radius 1 is 1.35 bits per heavy atom. The molecule has 2 aromatic rings. The quantitative estimate of drug-likeness (QED) is 0.849. The Balaban J connectivity index is 1.65. The number of nitrogens with zero attached hydrogens (tertiary/aromatic N) is 3. The van der Waals surface area contributed by atoms with E-state index in [2.05, 4.69) is 38.0 Å². The third-order valence-corrected chi connectivity index (χ3v) is 4.22. The Morgan fingerprint density at radius 3 is 3.00 bits per heavy atom. The van der Waals surface area contributed by atoms with Crippen LogP contribution in [0.5, 0.6) is 0 Å². The second kappa shape index (κ2) is 6.10. The number of hydrogen-bond acceptors (Lipinski definition) is 5. The largest absolute Gasteiger partial charge is 0.444 e. The van der Waals surface area contributed by atoms with Gasteiger partial charge in [0.05, 0.1) is 6.54 Å². The molecule has 3 heterocycles. The van der Waals surface area contributed by atoms with Crippen LogP contribution in [0.3, 0.4) is 0 Å².